The van der Waals surface area contributed by atoms with E-state index in [1.807, 2.05) is 35.2 Å². The largest absolute Gasteiger partial charge is 0.402 e. The Bertz CT molecular complexity index is 3370. The van der Waals surface area contributed by atoms with Gasteiger partial charge >= 0.3 is 0 Å². The molecule has 6 unspecified atom stereocenters. The summed E-state index contributed by atoms with van der Waals surface area (Å²) in [5, 5.41) is 16.2. The first-order valence-electron chi connectivity index (χ1n) is 25.2. The van der Waals surface area contributed by atoms with Crippen LogP contribution < -0.4 is 22.1 Å². The second-order valence-corrected chi connectivity index (χ2v) is 21.4. The number of aryl methyl sites for hydroxylation is 2. The molecule has 4 heterocycles. The average Bonchev–Trinajstić information content (AvgIpc) is 4.20. The third kappa shape index (κ3) is 6.59. The highest BCUT2D eigenvalue weighted by Gasteiger charge is 2.62. The van der Waals surface area contributed by atoms with Crippen LogP contribution in [-0.2, 0) is 34.7 Å². The van der Waals surface area contributed by atoms with Gasteiger partial charge < -0.3 is 22.1 Å². The van der Waals surface area contributed by atoms with Crippen molar-refractivity contribution in [3.8, 4) is 0 Å². The van der Waals surface area contributed by atoms with Gasteiger partial charge in [0.25, 0.3) is 0 Å². The molecule has 0 bridgehead atoms. The molecule has 12 rings (SSSR count). The number of anilines is 1. The SMILES string of the molecule is C=C1c2c(N)cccc2C2(C)Cc3cc(C(C)C)ccc3C12NC.C=Cc1cnn2c(C)cc(C)nc12.C=Cc1nc2n(n1)C(C)=CC2(C)C(C)c1ccc2c(c1)CC1C3=CCCC(N)=C3C(=C)C21NC. The van der Waals surface area contributed by atoms with Gasteiger partial charge in [0.2, 0.25) is 0 Å². The van der Waals surface area contributed by atoms with Crippen LogP contribution in [0.5, 0.6) is 0 Å². The number of benzene rings is 3. The van der Waals surface area contributed by atoms with E-state index in [-0.39, 0.29) is 27.8 Å². The Hall–Kier alpha value is -6.88. The molecule has 6 N–H and O–H groups in total. The Morgan fingerprint density at radius 3 is 2.28 bits per heavy atom. The van der Waals surface area contributed by atoms with Crippen molar-refractivity contribution in [2.24, 2.45) is 11.7 Å². The maximum absolute atomic E-state index is 6.48. The van der Waals surface area contributed by atoms with Crippen LogP contribution in [0.15, 0.2) is 128 Å². The minimum atomic E-state index is -0.268. The van der Waals surface area contributed by atoms with E-state index in [9.17, 15) is 0 Å². The van der Waals surface area contributed by atoms with Crippen molar-refractivity contribution in [1.82, 2.24) is 40.0 Å². The van der Waals surface area contributed by atoms with E-state index in [1.54, 1.807) is 18.3 Å². The molecule has 10 nitrogen and oxygen atoms in total. The summed E-state index contributed by atoms with van der Waals surface area (Å²) in [5.41, 5.74) is 34.5. The molecule has 3 aromatic carbocycles. The molecular weight excluding hydrogens is 873 g/mol. The highest BCUT2D eigenvalue weighted by Crippen LogP contribution is 2.64. The Kier molecular flexibility index (Phi) is 11.4. The number of hydrogen-bond acceptors (Lipinski definition) is 8. The van der Waals surface area contributed by atoms with Crippen molar-refractivity contribution in [2.75, 3.05) is 19.8 Å². The van der Waals surface area contributed by atoms with Crippen LogP contribution in [0.1, 0.15) is 139 Å². The summed E-state index contributed by atoms with van der Waals surface area (Å²) in [4.78, 5) is 9.20. The Balaban J connectivity index is 0.000000136. The minimum Gasteiger partial charge on any atom is -0.402 e. The molecule has 0 amide bonds. The van der Waals surface area contributed by atoms with Gasteiger partial charge in [0.05, 0.1) is 22.7 Å². The van der Waals surface area contributed by atoms with Gasteiger partial charge in [0.1, 0.15) is 5.82 Å². The summed E-state index contributed by atoms with van der Waals surface area (Å²) in [6.45, 7) is 34.2. The second kappa shape index (κ2) is 16.9. The first-order valence-corrected chi connectivity index (χ1v) is 25.2. The summed E-state index contributed by atoms with van der Waals surface area (Å²) in [6.07, 6.45) is 13.9. The summed E-state index contributed by atoms with van der Waals surface area (Å²) in [6, 6.07) is 22.3. The molecule has 6 aromatic rings. The van der Waals surface area contributed by atoms with Crippen LogP contribution in [0.4, 0.5) is 5.69 Å². The van der Waals surface area contributed by atoms with E-state index in [2.05, 4.69) is 168 Å². The smallest absolute Gasteiger partial charge is 0.174 e. The van der Waals surface area contributed by atoms with Crippen molar-refractivity contribution in [3.05, 3.63) is 201 Å². The molecule has 6 atom stereocenters. The van der Waals surface area contributed by atoms with E-state index >= 15 is 0 Å². The Morgan fingerprint density at radius 1 is 0.845 bits per heavy atom. The molecule has 0 radical (unpaired) electrons. The average molecular weight is 943 g/mol. The van der Waals surface area contributed by atoms with Gasteiger partial charge in [0.15, 0.2) is 11.5 Å². The lowest BCUT2D eigenvalue weighted by Gasteiger charge is -2.40. The Labute approximate surface area is 420 Å². The van der Waals surface area contributed by atoms with E-state index < -0.39 is 0 Å². The molecule has 0 saturated heterocycles. The van der Waals surface area contributed by atoms with Gasteiger partial charge in [-0.3, -0.25) is 0 Å². The zero-order valence-electron chi connectivity index (χ0n) is 43.4. The summed E-state index contributed by atoms with van der Waals surface area (Å²) < 4.78 is 3.79. The van der Waals surface area contributed by atoms with Crippen molar-refractivity contribution in [2.45, 2.75) is 115 Å². The van der Waals surface area contributed by atoms with Gasteiger partial charge in [-0.1, -0.05) is 115 Å². The number of allylic oxidation sites excluding steroid dienone is 4. The first-order chi connectivity index (χ1) is 33.8. The normalized spacial score (nSPS) is 25.5. The molecule has 5 aliphatic carbocycles. The third-order valence-corrected chi connectivity index (χ3v) is 17.4. The number of nitrogen functional groups attached to an aromatic ring is 1. The molecule has 6 aliphatic rings. The highest BCUT2D eigenvalue weighted by atomic mass is 15.4. The van der Waals surface area contributed by atoms with Gasteiger partial charge in [0, 0.05) is 56.5 Å². The molecule has 10 heteroatoms. The number of rotatable bonds is 7. The van der Waals surface area contributed by atoms with Crippen LogP contribution in [0.2, 0.25) is 0 Å². The van der Waals surface area contributed by atoms with Gasteiger partial charge in [-0.05, 0) is 159 Å². The minimum absolute atomic E-state index is 0.0541. The predicted molar refractivity (Wildman–Crippen MR) is 293 cm³/mol. The topological polar surface area (TPSA) is 137 Å². The zero-order chi connectivity index (χ0) is 50.7. The fourth-order valence-electron chi connectivity index (χ4n) is 13.7. The molecule has 1 fully saturated rings. The van der Waals surface area contributed by atoms with Gasteiger partial charge in [-0.15, -0.1) is 5.10 Å². The number of nitrogens with zero attached hydrogens (tertiary/aromatic N) is 6. The van der Waals surface area contributed by atoms with Crippen molar-refractivity contribution in [1.29, 1.82) is 0 Å². The fraction of sp³-hybridized carbons (Fsp3) is 0.344. The number of aromatic nitrogens is 6. The standard InChI is InChI=1S/C29H33N5.C22H26N2.C10H11N3/c1-7-25-32-27-28(5,15-16(2)34(27)33-25)17(3)19-11-12-22-20(13-19)14-23-21-9-8-10-24(30)26(21)18(4)29(22,23)31-6;1-13(2)15-9-10-17-16(11-15)12-21(4)18-7-6-8-19(23)20(18)14(3)22(17,21)24-5;1-4-9-6-11-13-8(3)5-7(2)12-10(9)13/h7,9,11-13,15,17,23,31H,1,4,8,10,14,30H2,2-3,5-6H3;6-11,13,24H,3,12,23H2,1-2,4-5H3;4-6H,1H2,2-3H3. The number of nitrogens with two attached hydrogens (primary N) is 2. The van der Waals surface area contributed by atoms with Gasteiger partial charge in [-0.2, -0.15) is 5.10 Å². The molecule has 1 saturated carbocycles. The van der Waals surface area contributed by atoms with Crippen molar-refractivity contribution < 1.29 is 0 Å². The lowest BCUT2D eigenvalue weighted by Crippen LogP contribution is -2.50. The van der Waals surface area contributed by atoms with Crippen LogP contribution in [0.3, 0.4) is 0 Å². The van der Waals surface area contributed by atoms with Crippen LogP contribution in [0, 0.1) is 19.8 Å². The van der Waals surface area contributed by atoms with Crippen LogP contribution >= 0.6 is 0 Å². The van der Waals surface area contributed by atoms with E-state index in [0.717, 1.165) is 87.9 Å². The van der Waals surface area contributed by atoms with E-state index in [0.29, 0.717) is 17.7 Å². The summed E-state index contributed by atoms with van der Waals surface area (Å²) >= 11 is 0. The summed E-state index contributed by atoms with van der Waals surface area (Å²) in [7, 11) is 4.12. The number of nitrogens with one attached hydrogen (secondary N) is 2. The molecule has 364 valence electrons. The maximum atomic E-state index is 6.48. The maximum Gasteiger partial charge on any atom is 0.174 e. The highest BCUT2D eigenvalue weighted by molar-refractivity contribution is 5.91. The van der Waals surface area contributed by atoms with Crippen LogP contribution in [-0.4, -0.2) is 43.5 Å². The van der Waals surface area contributed by atoms with E-state index in [1.165, 1.54) is 50.1 Å². The number of likely N-dealkylation sites (N-methyl/N-ethyl adjacent to an activating group) is 2. The van der Waals surface area contributed by atoms with Gasteiger partial charge in [-0.25, -0.2) is 19.2 Å². The zero-order valence-corrected chi connectivity index (χ0v) is 43.4. The van der Waals surface area contributed by atoms with Crippen molar-refractivity contribution in [3.63, 3.8) is 0 Å². The summed E-state index contributed by atoms with van der Waals surface area (Å²) in [5.74, 6) is 2.80. The van der Waals surface area contributed by atoms with Crippen molar-refractivity contribution >= 4 is 34.8 Å². The molecule has 1 aliphatic heterocycles. The molecule has 71 heavy (non-hydrogen) atoms. The molecular formula is C61H70N10. The third-order valence-electron chi connectivity index (χ3n) is 17.4. The number of fused-ring (bicyclic) bond motifs is 12. The predicted octanol–water partition coefficient (Wildman–Crippen LogP) is 11.3. The first kappa shape index (κ1) is 47.8. The van der Waals surface area contributed by atoms with Crippen LogP contribution in [0.25, 0.3) is 29.1 Å². The monoisotopic (exact) mass is 943 g/mol. The Morgan fingerprint density at radius 2 is 1.58 bits per heavy atom. The quantitative estimate of drug-likeness (QED) is 0.116. The number of hydrogen-bond donors (Lipinski definition) is 4. The molecule has 3 aromatic heterocycles. The fourth-order valence-corrected chi connectivity index (χ4v) is 13.7. The van der Waals surface area contributed by atoms with E-state index in [4.69, 9.17) is 16.5 Å². The lowest BCUT2D eigenvalue weighted by atomic mass is 9.70. The lowest BCUT2D eigenvalue weighted by molar-refractivity contribution is 0.305. The molecule has 0 spiro atoms. The second-order valence-electron chi connectivity index (χ2n) is 21.4.